The highest BCUT2D eigenvalue weighted by Crippen LogP contribution is 2.27. The Kier molecular flexibility index (Phi) is 2.42. The third-order valence-electron chi connectivity index (χ3n) is 2.93. The van der Waals surface area contributed by atoms with E-state index in [2.05, 4.69) is 10.2 Å². The molecule has 0 fully saturated rings. The summed E-state index contributed by atoms with van der Waals surface area (Å²) in [7, 11) is 0. The lowest BCUT2D eigenvalue weighted by Gasteiger charge is -1.99. The van der Waals surface area contributed by atoms with Gasteiger partial charge in [-0.15, -0.1) is 4.91 Å². The van der Waals surface area contributed by atoms with Crippen LogP contribution in [0.1, 0.15) is 0 Å². The maximum absolute atomic E-state index is 10.6. The van der Waals surface area contributed by atoms with Crippen LogP contribution < -0.4 is 11.5 Å². The van der Waals surface area contributed by atoms with Crippen molar-refractivity contribution in [2.24, 2.45) is 5.18 Å². The van der Waals surface area contributed by atoms with E-state index in [9.17, 15) is 4.91 Å². The van der Waals surface area contributed by atoms with Gasteiger partial charge in [0.05, 0.1) is 5.69 Å². The summed E-state index contributed by atoms with van der Waals surface area (Å²) in [6.45, 7) is 0. The lowest BCUT2D eigenvalue weighted by Crippen LogP contribution is -1.95. The molecule has 0 radical (unpaired) electrons. The molecule has 2 heterocycles. The smallest absolute Gasteiger partial charge is 0.148 e. The van der Waals surface area contributed by atoms with Crippen molar-refractivity contribution in [2.45, 2.75) is 0 Å². The summed E-state index contributed by atoms with van der Waals surface area (Å²) in [5.41, 5.74) is 14.8. The molecule has 6 heteroatoms. The molecular weight excluding hydrogens is 242 g/mol. The number of imidazole rings is 1. The van der Waals surface area contributed by atoms with E-state index in [-0.39, 0.29) is 11.5 Å². The lowest BCUT2D eigenvalue weighted by molar-refractivity contribution is 1.19. The van der Waals surface area contributed by atoms with Gasteiger partial charge in [-0.3, -0.25) is 4.40 Å². The highest BCUT2D eigenvalue weighted by molar-refractivity contribution is 5.70. The zero-order chi connectivity index (χ0) is 13.4. The van der Waals surface area contributed by atoms with E-state index in [4.69, 9.17) is 11.5 Å². The van der Waals surface area contributed by atoms with Gasteiger partial charge in [-0.2, -0.15) is 0 Å². The molecule has 0 spiro atoms. The van der Waals surface area contributed by atoms with Crippen molar-refractivity contribution in [1.29, 1.82) is 0 Å². The predicted molar refractivity (Wildman–Crippen MR) is 74.9 cm³/mol. The summed E-state index contributed by atoms with van der Waals surface area (Å²) in [5.74, 6) is 0.273. The molecule has 0 atom stereocenters. The number of hydrogen-bond donors (Lipinski definition) is 2. The number of anilines is 2. The van der Waals surface area contributed by atoms with Crippen LogP contribution in [-0.4, -0.2) is 9.38 Å². The standard InChI is InChI=1S/C13H11N5O/c14-9-3-1-2-8(6-9)11-7-18-12(16-11)5-4-10(17-19)13(18)15/h1-7H,14-15H2. The Labute approximate surface area is 108 Å². The zero-order valence-corrected chi connectivity index (χ0v) is 9.95. The van der Waals surface area contributed by atoms with Gasteiger partial charge in [0.25, 0.3) is 0 Å². The molecule has 0 aliphatic heterocycles. The molecule has 0 saturated heterocycles. The maximum Gasteiger partial charge on any atom is 0.148 e. The molecule has 6 nitrogen and oxygen atoms in total. The SMILES string of the molecule is Nc1cccc(-c2cn3c(N)c(N=O)ccc3n2)c1. The van der Waals surface area contributed by atoms with Crippen molar-refractivity contribution in [3.8, 4) is 11.3 Å². The van der Waals surface area contributed by atoms with Gasteiger partial charge in [-0.05, 0) is 29.4 Å². The Balaban J connectivity index is 2.22. The second-order valence-electron chi connectivity index (χ2n) is 4.17. The molecule has 4 N–H and O–H groups in total. The number of pyridine rings is 1. The largest absolute Gasteiger partial charge is 0.399 e. The maximum atomic E-state index is 10.6. The van der Waals surface area contributed by atoms with Crippen molar-refractivity contribution < 1.29 is 0 Å². The molecular formula is C13H11N5O. The number of fused-ring (bicyclic) bond motifs is 1. The average Bonchev–Trinajstić information content (AvgIpc) is 2.84. The number of nitrogens with two attached hydrogens (primary N) is 2. The topological polar surface area (TPSA) is 98.8 Å². The third-order valence-corrected chi connectivity index (χ3v) is 2.93. The van der Waals surface area contributed by atoms with E-state index >= 15 is 0 Å². The summed E-state index contributed by atoms with van der Waals surface area (Å²) < 4.78 is 1.63. The molecule has 3 aromatic rings. The Morgan fingerprint density at radius 1 is 1.16 bits per heavy atom. The lowest BCUT2D eigenvalue weighted by atomic mass is 10.1. The molecule has 94 valence electrons. The van der Waals surface area contributed by atoms with E-state index in [0.717, 1.165) is 11.3 Å². The minimum atomic E-state index is 0.198. The van der Waals surface area contributed by atoms with Crippen molar-refractivity contribution in [3.05, 3.63) is 47.5 Å². The summed E-state index contributed by atoms with van der Waals surface area (Å²) in [6, 6.07) is 10.7. The number of nitroso groups, excluding NO2 is 1. The van der Waals surface area contributed by atoms with Gasteiger partial charge >= 0.3 is 0 Å². The molecule has 2 aromatic heterocycles. The zero-order valence-electron chi connectivity index (χ0n) is 9.95. The van der Waals surface area contributed by atoms with Crippen LogP contribution in [0.4, 0.5) is 17.2 Å². The van der Waals surface area contributed by atoms with Crippen molar-refractivity contribution in [2.75, 3.05) is 11.5 Å². The van der Waals surface area contributed by atoms with Gasteiger partial charge in [-0.25, -0.2) is 4.98 Å². The van der Waals surface area contributed by atoms with Crippen molar-refractivity contribution >= 4 is 22.8 Å². The molecule has 0 aliphatic carbocycles. The van der Waals surface area contributed by atoms with Crippen molar-refractivity contribution in [3.63, 3.8) is 0 Å². The fourth-order valence-corrected chi connectivity index (χ4v) is 1.98. The van der Waals surface area contributed by atoms with E-state index in [1.807, 2.05) is 24.3 Å². The van der Waals surface area contributed by atoms with Crippen LogP contribution >= 0.6 is 0 Å². The van der Waals surface area contributed by atoms with Gasteiger partial charge in [0, 0.05) is 17.4 Å². The van der Waals surface area contributed by atoms with Crippen LogP contribution in [0.5, 0.6) is 0 Å². The first-order valence-electron chi connectivity index (χ1n) is 5.66. The molecule has 3 rings (SSSR count). The first-order valence-corrected chi connectivity index (χ1v) is 5.66. The molecule has 0 bridgehead atoms. The number of aromatic nitrogens is 2. The van der Waals surface area contributed by atoms with Crippen LogP contribution in [0, 0.1) is 4.91 Å². The number of nitrogens with zero attached hydrogens (tertiary/aromatic N) is 3. The fraction of sp³-hybridized carbons (Fsp3) is 0. The Morgan fingerprint density at radius 2 is 2.00 bits per heavy atom. The third kappa shape index (κ3) is 1.79. The first kappa shape index (κ1) is 11.2. The number of rotatable bonds is 2. The highest BCUT2D eigenvalue weighted by atomic mass is 16.3. The average molecular weight is 253 g/mol. The second kappa shape index (κ2) is 4.09. The number of nitrogen functional groups attached to an aromatic ring is 2. The van der Waals surface area contributed by atoms with Gasteiger partial charge in [0.15, 0.2) is 0 Å². The van der Waals surface area contributed by atoms with E-state index in [1.165, 1.54) is 0 Å². The van der Waals surface area contributed by atoms with Crippen LogP contribution in [0.25, 0.3) is 16.9 Å². The normalized spacial score (nSPS) is 10.7. The van der Waals surface area contributed by atoms with Gasteiger partial charge < -0.3 is 11.5 Å². The molecule has 0 amide bonds. The van der Waals surface area contributed by atoms with E-state index in [1.54, 1.807) is 22.7 Å². The molecule has 0 unspecified atom stereocenters. The highest BCUT2D eigenvalue weighted by Gasteiger charge is 2.09. The summed E-state index contributed by atoms with van der Waals surface area (Å²) in [4.78, 5) is 15.1. The summed E-state index contributed by atoms with van der Waals surface area (Å²) >= 11 is 0. The minimum Gasteiger partial charge on any atom is -0.399 e. The van der Waals surface area contributed by atoms with Gasteiger partial charge in [0.2, 0.25) is 0 Å². The molecule has 0 aliphatic rings. The van der Waals surface area contributed by atoms with E-state index in [0.29, 0.717) is 11.3 Å². The van der Waals surface area contributed by atoms with Gasteiger partial charge in [0.1, 0.15) is 17.2 Å². The Bertz CT molecular complexity index is 778. The van der Waals surface area contributed by atoms with Crippen LogP contribution in [0.3, 0.4) is 0 Å². The molecule has 1 aromatic carbocycles. The van der Waals surface area contributed by atoms with Crippen LogP contribution in [0.15, 0.2) is 47.8 Å². The Hall–Kier alpha value is -2.89. The van der Waals surface area contributed by atoms with Crippen molar-refractivity contribution in [1.82, 2.24) is 9.38 Å². The Morgan fingerprint density at radius 3 is 2.74 bits per heavy atom. The molecule has 0 saturated carbocycles. The summed E-state index contributed by atoms with van der Waals surface area (Å²) in [6.07, 6.45) is 1.76. The van der Waals surface area contributed by atoms with Crippen LogP contribution in [-0.2, 0) is 0 Å². The van der Waals surface area contributed by atoms with Gasteiger partial charge in [-0.1, -0.05) is 12.1 Å². The fourth-order valence-electron chi connectivity index (χ4n) is 1.98. The van der Waals surface area contributed by atoms with Crippen LogP contribution in [0.2, 0.25) is 0 Å². The number of hydrogen-bond acceptors (Lipinski definition) is 5. The monoisotopic (exact) mass is 253 g/mol. The first-order chi connectivity index (χ1) is 9.19. The molecule has 19 heavy (non-hydrogen) atoms. The second-order valence-corrected chi connectivity index (χ2v) is 4.17. The van der Waals surface area contributed by atoms with E-state index < -0.39 is 0 Å². The quantitative estimate of drug-likeness (QED) is 0.541. The number of benzene rings is 1. The predicted octanol–water partition coefficient (Wildman–Crippen LogP) is 2.56. The minimum absolute atomic E-state index is 0.198. The summed E-state index contributed by atoms with van der Waals surface area (Å²) in [5, 5.41) is 2.87.